The number of nitriles is 1. The molecular weight excluding hydrogens is 530 g/mol. The lowest BCUT2D eigenvalue weighted by Crippen LogP contribution is -2.13. The molecule has 0 aliphatic heterocycles. The zero-order valence-corrected chi connectivity index (χ0v) is 17.1. The Hall–Kier alpha value is -1.60. The molecule has 122 valence electrons. The Kier molecular flexibility index (Phi) is 6.62. The van der Waals surface area contributed by atoms with Gasteiger partial charge in [-0.25, -0.2) is 0 Å². The van der Waals surface area contributed by atoms with E-state index in [-0.39, 0.29) is 11.3 Å². The van der Waals surface area contributed by atoms with E-state index in [0.29, 0.717) is 18.4 Å². The molecule has 24 heavy (non-hydrogen) atoms. The highest BCUT2D eigenvalue weighted by Gasteiger charge is 2.11. The number of nitrogens with zero attached hydrogens (tertiary/aromatic N) is 1. The first kappa shape index (κ1) is 18.7. The van der Waals surface area contributed by atoms with E-state index in [9.17, 15) is 15.2 Å². The van der Waals surface area contributed by atoms with Crippen molar-refractivity contribution < 1.29 is 9.90 Å². The largest absolute Gasteiger partial charge is 0.506 e. The van der Waals surface area contributed by atoms with E-state index < -0.39 is 5.91 Å². The van der Waals surface area contributed by atoms with Gasteiger partial charge in [-0.3, -0.25) is 4.79 Å². The maximum absolute atomic E-state index is 12.3. The van der Waals surface area contributed by atoms with Gasteiger partial charge in [-0.1, -0.05) is 19.1 Å². The first-order valence-corrected chi connectivity index (χ1v) is 9.30. The minimum absolute atomic E-state index is 0.00635. The Labute approximate surface area is 167 Å². The predicted octanol–water partition coefficient (Wildman–Crippen LogP) is 4.71. The van der Waals surface area contributed by atoms with Gasteiger partial charge in [0.15, 0.2) is 0 Å². The zero-order chi connectivity index (χ0) is 17.7. The number of nitrogens with one attached hydrogen (secondary N) is 1. The molecule has 0 atom stereocenters. The smallest absolute Gasteiger partial charge is 0.266 e. The van der Waals surface area contributed by atoms with Gasteiger partial charge in [-0.2, -0.15) is 5.26 Å². The van der Waals surface area contributed by atoms with E-state index in [2.05, 4.69) is 12.2 Å². The van der Waals surface area contributed by atoms with Crippen molar-refractivity contribution in [1.82, 2.24) is 0 Å². The van der Waals surface area contributed by atoms with Gasteiger partial charge in [0.2, 0.25) is 0 Å². The molecule has 0 radical (unpaired) electrons. The molecule has 0 fully saturated rings. The van der Waals surface area contributed by atoms with Crippen LogP contribution in [0.1, 0.15) is 18.1 Å². The Bertz CT molecular complexity index is 814. The van der Waals surface area contributed by atoms with Crippen LogP contribution in [-0.4, -0.2) is 11.0 Å². The van der Waals surface area contributed by atoms with Crippen LogP contribution in [0.2, 0.25) is 0 Å². The van der Waals surface area contributed by atoms with Crippen molar-refractivity contribution in [3.05, 3.63) is 60.2 Å². The maximum atomic E-state index is 12.3. The minimum atomic E-state index is -0.458. The number of phenols is 1. The third kappa shape index (κ3) is 4.70. The number of aromatic hydroxyl groups is 1. The van der Waals surface area contributed by atoms with Crippen LogP contribution in [0.3, 0.4) is 0 Å². The number of carbonyl (C=O) groups excluding carboxylic acids is 1. The van der Waals surface area contributed by atoms with Crippen LogP contribution in [-0.2, 0) is 11.2 Å². The predicted molar refractivity (Wildman–Crippen MR) is 112 cm³/mol. The molecule has 2 aromatic carbocycles. The highest BCUT2D eigenvalue weighted by molar-refractivity contribution is 14.1. The third-order valence-electron chi connectivity index (χ3n) is 3.34. The van der Waals surface area contributed by atoms with Crippen LogP contribution < -0.4 is 5.32 Å². The summed E-state index contributed by atoms with van der Waals surface area (Å²) < 4.78 is 1.33. The Balaban J connectivity index is 2.23. The summed E-state index contributed by atoms with van der Waals surface area (Å²) in [6.45, 7) is 2.06. The Morgan fingerprint density at radius 3 is 2.33 bits per heavy atom. The number of phenolic OH excluding ortho intramolecular Hbond substituents is 1. The monoisotopic (exact) mass is 544 g/mol. The molecule has 2 aromatic rings. The van der Waals surface area contributed by atoms with Crippen molar-refractivity contribution in [2.24, 2.45) is 0 Å². The van der Waals surface area contributed by atoms with Crippen LogP contribution in [0.5, 0.6) is 5.75 Å². The number of carbonyl (C=O) groups is 1. The lowest BCUT2D eigenvalue weighted by molar-refractivity contribution is -0.112. The summed E-state index contributed by atoms with van der Waals surface area (Å²) in [5, 5.41) is 21.8. The number of rotatable bonds is 4. The lowest BCUT2D eigenvalue weighted by atomic mass is 10.1. The number of hydrogen-bond donors (Lipinski definition) is 2. The SMILES string of the molecule is CCc1ccc(NC(=O)/C(C#N)=C/c2cc(I)c(O)c(I)c2)cc1. The van der Waals surface area contributed by atoms with Crippen LogP contribution in [0.4, 0.5) is 5.69 Å². The van der Waals surface area contributed by atoms with Gasteiger partial charge in [-0.15, -0.1) is 0 Å². The second-order valence-corrected chi connectivity index (χ2v) is 7.33. The van der Waals surface area contributed by atoms with Gasteiger partial charge < -0.3 is 10.4 Å². The number of aryl methyl sites for hydroxylation is 1. The lowest BCUT2D eigenvalue weighted by Gasteiger charge is -2.06. The molecule has 4 nitrogen and oxygen atoms in total. The number of benzene rings is 2. The molecule has 0 unspecified atom stereocenters. The molecule has 0 aliphatic carbocycles. The van der Waals surface area contributed by atoms with E-state index in [1.54, 1.807) is 12.1 Å². The summed E-state index contributed by atoms with van der Waals surface area (Å²) in [7, 11) is 0. The highest BCUT2D eigenvalue weighted by atomic mass is 127. The summed E-state index contributed by atoms with van der Waals surface area (Å²) in [5.41, 5.74) is 2.52. The maximum Gasteiger partial charge on any atom is 0.266 e. The summed E-state index contributed by atoms with van der Waals surface area (Å²) >= 11 is 4.02. The second-order valence-electron chi connectivity index (χ2n) is 5.01. The van der Waals surface area contributed by atoms with Crippen molar-refractivity contribution >= 4 is 62.9 Å². The van der Waals surface area contributed by atoms with Crippen molar-refractivity contribution in [2.75, 3.05) is 5.32 Å². The molecule has 1 amide bonds. The Morgan fingerprint density at radius 2 is 1.83 bits per heavy atom. The number of hydrogen-bond acceptors (Lipinski definition) is 3. The third-order valence-corrected chi connectivity index (χ3v) is 4.98. The summed E-state index contributed by atoms with van der Waals surface area (Å²) in [5.74, 6) is -0.257. The molecule has 2 rings (SSSR count). The van der Waals surface area contributed by atoms with Crippen LogP contribution >= 0.6 is 45.2 Å². The fourth-order valence-corrected chi connectivity index (χ4v) is 3.82. The minimum Gasteiger partial charge on any atom is -0.506 e. The second kappa shape index (κ2) is 8.48. The van der Waals surface area contributed by atoms with E-state index in [1.807, 2.05) is 75.5 Å². The van der Waals surface area contributed by atoms with Crippen molar-refractivity contribution in [3.8, 4) is 11.8 Å². The van der Waals surface area contributed by atoms with E-state index in [0.717, 1.165) is 6.42 Å². The van der Waals surface area contributed by atoms with Crippen molar-refractivity contribution in [3.63, 3.8) is 0 Å². The van der Waals surface area contributed by atoms with Crippen LogP contribution in [0.25, 0.3) is 6.08 Å². The van der Waals surface area contributed by atoms with Gasteiger partial charge in [-0.05, 0) is 93.1 Å². The average Bonchev–Trinajstić information content (AvgIpc) is 2.58. The summed E-state index contributed by atoms with van der Waals surface area (Å²) in [6, 6.07) is 12.9. The van der Waals surface area contributed by atoms with Crippen LogP contribution in [0, 0.1) is 18.5 Å². The van der Waals surface area contributed by atoms with Gasteiger partial charge in [0, 0.05) is 5.69 Å². The normalized spacial score (nSPS) is 11.0. The van der Waals surface area contributed by atoms with Gasteiger partial charge in [0.25, 0.3) is 5.91 Å². The molecule has 0 aliphatic rings. The van der Waals surface area contributed by atoms with E-state index in [1.165, 1.54) is 11.6 Å². The molecule has 0 spiro atoms. The fourth-order valence-electron chi connectivity index (χ4n) is 2.01. The first-order chi connectivity index (χ1) is 11.4. The number of halogens is 2. The molecule has 0 saturated carbocycles. The van der Waals surface area contributed by atoms with Gasteiger partial charge >= 0.3 is 0 Å². The molecule has 0 heterocycles. The Morgan fingerprint density at radius 1 is 1.25 bits per heavy atom. The zero-order valence-electron chi connectivity index (χ0n) is 12.8. The molecule has 2 N–H and O–H groups in total. The topological polar surface area (TPSA) is 73.1 Å². The van der Waals surface area contributed by atoms with Crippen molar-refractivity contribution in [1.29, 1.82) is 5.26 Å². The number of anilines is 1. The van der Waals surface area contributed by atoms with E-state index >= 15 is 0 Å². The quantitative estimate of drug-likeness (QED) is 0.333. The summed E-state index contributed by atoms with van der Waals surface area (Å²) in [6.07, 6.45) is 2.44. The molecule has 0 aromatic heterocycles. The standard InChI is InChI=1S/C18H14I2N2O2/c1-2-11-3-5-14(6-4-11)22-18(24)13(10-21)7-12-8-15(19)17(23)16(20)9-12/h3-9,23H,2H2,1H3,(H,22,24)/b13-7+. The molecule has 0 bridgehead atoms. The summed E-state index contributed by atoms with van der Waals surface area (Å²) in [4.78, 5) is 12.3. The van der Waals surface area contributed by atoms with Crippen LogP contribution in [0.15, 0.2) is 42.0 Å². The van der Waals surface area contributed by atoms with E-state index in [4.69, 9.17) is 0 Å². The number of amides is 1. The molecule has 0 saturated heterocycles. The highest BCUT2D eigenvalue weighted by Crippen LogP contribution is 2.28. The van der Waals surface area contributed by atoms with Gasteiger partial charge in [0.1, 0.15) is 17.4 Å². The molecular formula is C18H14I2N2O2. The van der Waals surface area contributed by atoms with Gasteiger partial charge in [0.05, 0.1) is 7.14 Å². The fraction of sp³-hybridized carbons (Fsp3) is 0.111. The molecule has 6 heteroatoms. The average molecular weight is 544 g/mol. The van der Waals surface area contributed by atoms with Crippen molar-refractivity contribution in [2.45, 2.75) is 13.3 Å². The first-order valence-electron chi connectivity index (χ1n) is 7.14.